The van der Waals surface area contributed by atoms with E-state index >= 15 is 0 Å². The molecular formula is C26H32N2O6. The number of benzene rings is 2. The summed E-state index contributed by atoms with van der Waals surface area (Å²) >= 11 is 0. The molecule has 1 aliphatic carbocycles. The number of carboxylic acid groups (broad SMARTS) is 1. The highest BCUT2D eigenvalue weighted by atomic mass is 16.5. The molecule has 2 amide bonds. The van der Waals surface area contributed by atoms with Crippen LogP contribution in [0.15, 0.2) is 48.5 Å². The number of alkyl carbamates (subject to hydrolysis) is 1. The second-order valence-corrected chi connectivity index (χ2v) is 8.40. The first-order valence-electron chi connectivity index (χ1n) is 11.6. The number of methoxy groups -OCH3 is 1. The molecule has 3 rings (SSSR count). The van der Waals surface area contributed by atoms with Crippen molar-refractivity contribution in [2.24, 2.45) is 5.92 Å². The molecule has 0 aromatic heterocycles. The van der Waals surface area contributed by atoms with Crippen LogP contribution in [0.4, 0.5) is 4.79 Å². The van der Waals surface area contributed by atoms with E-state index in [0.717, 1.165) is 28.7 Å². The van der Waals surface area contributed by atoms with Crippen molar-refractivity contribution in [3.8, 4) is 11.1 Å². The summed E-state index contributed by atoms with van der Waals surface area (Å²) in [6.07, 6.45) is 0.0659. The minimum Gasteiger partial charge on any atom is -0.481 e. The molecule has 8 heteroatoms. The number of carbonyl (C=O) groups is 3. The number of hydrogen-bond donors (Lipinski definition) is 3. The zero-order valence-electron chi connectivity index (χ0n) is 19.6. The van der Waals surface area contributed by atoms with E-state index < -0.39 is 24.1 Å². The van der Waals surface area contributed by atoms with Crippen molar-refractivity contribution >= 4 is 18.0 Å². The van der Waals surface area contributed by atoms with Crippen molar-refractivity contribution in [2.75, 3.05) is 26.8 Å². The number of fused-ring (bicyclic) bond motifs is 3. The summed E-state index contributed by atoms with van der Waals surface area (Å²) in [5, 5.41) is 14.5. The van der Waals surface area contributed by atoms with Gasteiger partial charge in [0.25, 0.3) is 0 Å². The molecule has 182 valence electrons. The van der Waals surface area contributed by atoms with Crippen LogP contribution in [0.3, 0.4) is 0 Å². The van der Waals surface area contributed by atoms with E-state index in [4.69, 9.17) is 9.47 Å². The molecule has 0 bridgehead atoms. The number of rotatable bonds is 12. The maximum Gasteiger partial charge on any atom is 0.407 e. The van der Waals surface area contributed by atoms with Crippen molar-refractivity contribution in [2.45, 2.75) is 38.2 Å². The molecule has 8 nitrogen and oxygen atoms in total. The molecule has 2 aromatic rings. The Morgan fingerprint density at radius 3 is 2.15 bits per heavy atom. The smallest absolute Gasteiger partial charge is 0.407 e. The van der Waals surface area contributed by atoms with Crippen molar-refractivity contribution < 1.29 is 29.0 Å². The summed E-state index contributed by atoms with van der Waals surface area (Å²) in [5.41, 5.74) is 4.57. The van der Waals surface area contributed by atoms with E-state index in [1.54, 1.807) is 0 Å². The minimum absolute atomic E-state index is 0.00137. The molecule has 0 radical (unpaired) electrons. The van der Waals surface area contributed by atoms with Crippen LogP contribution in [0.2, 0.25) is 0 Å². The number of carbonyl (C=O) groups excluding carboxylic acids is 2. The first-order chi connectivity index (χ1) is 16.4. The molecule has 2 atom stereocenters. The van der Waals surface area contributed by atoms with E-state index in [1.165, 1.54) is 7.11 Å². The lowest BCUT2D eigenvalue weighted by atomic mass is 9.98. The number of nitrogens with one attached hydrogen (secondary N) is 2. The highest BCUT2D eigenvalue weighted by Gasteiger charge is 2.29. The van der Waals surface area contributed by atoms with Gasteiger partial charge in [0.05, 0.1) is 18.4 Å². The molecule has 0 aliphatic heterocycles. The van der Waals surface area contributed by atoms with Gasteiger partial charge in [0.1, 0.15) is 6.61 Å². The predicted octanol–water partition coefficient (Wildman–Crippen LogP) is 3.55. The van der Waals surface area contributed by atoms with Crippen LogP contribution in [0.5, 0.6) is 0 Å². The monoisotopic (exact) mass is 468 g/mol. The van der Waals surface area contributed by atoms with Crippen LogP contribution in [-0.4, -0.2) is 56.0 Å². The summed E-state index contributed by atoms with van der Waals surface area (Å²) in [7, 11) is 1.45. The maximum atomic E-state index is 12.3. The number of ether oxygens (including phenoxy) is 2. The van der Waals surface area contributed by atoms with Crippen molar-refractivity contribution in [3.63, 3.8) is 0 Å². The second kappa shape index (κ2) is 12.2. The highest BCUT2D eigenvalue weighted by molar-refractivity contribution is 5.79. The summed E-state index contributed by atoms with van der Waals surface area (Å²) in [5.74, 6) is -1.91. The van der Waals surface area contributed by atoms with Crippen LogP contribution in [0.25, 0.3) is 11.1 Å². The second-order valence-electron chi connectivity index (χ2n) is 8.40. The third-order valence-corrected chi connectivity index (χ3v) is 6.10. The molecule has 0 heterocycles. The summed E-state index contributed by atoms with van der Waals surface area (Å²) in [6, 6.07) is 16.2. The third kappa shape index (κ3) is 6.35. The van der Waals surface area contributed by atoms with Gasteiger partial charge < -0.3 is 25.2 Å². The number of amides is 2. The molecular weight excluding hydrogens is 436 g/mol. The Balaban J connectivity index is 1.46. The van der Waals surface area contributed by atoms with Crippen LogP contribution < -0.4 is 10.6 Å². The molecule has 2 unspecified atom stereocenters. The molecule has 0 spiro atoms. The van der Waals surface area contributed by atoms with Gasteiger partial charge in [-0.15, -0.1) is 0 Å². The van der Waals surface area contributed by atoms with Gasteiger partial charge in [-0.1, -0.05) is 61.9 Å². The van der Waals surface area contributed by atoms with E-state index in [1.807, 2.05) is 31.2 Å². The van der Waals surface area contributed by atoms with E-state index in [2.05, 4.69) is 34.9 Å². The Morgan fingerprint density at radius 2 is 1.59 bits per heavy atom. The Labute approximate surface area is 199 Å². The maximum absolute atomic E-state index is 12.3. The minimum atomic E-state index is -0.928. The first kappa shape index (κ1) is 25.2. The van der Waals surface area contributed by atoms with Crippen LogP contribution in [0, 0.1) is 5.92 Å². The average Bonchev–Trinajstić information content (AvgIpc) is 3.16. The first-order valence-corrected chi connectivity index (χ1v) is 11.6. The Kier molecular flexibility index (Phi) is 9.04. The predicted molar refractivity (Wildman–Crippen MR) is 128 cm³/mol. The van der Waals surface area contributed by atoms with Crippen LogP contribution >= 0.6 is 0 Å². The summed E-state index contributed by atoms with van der Waals surface area (Å²) < 4.78 is 10.8. The van der Waals surface area contributed by atoms with E-state index in [0.29, 0.717) is 6.42 Å². The molecule has 1 aliphatic rings. The zero-order valence-corrected chi connectivity index (χ0v) is 19.6. The summed E-state index contributed by atoms with van der Waals surface area (Å²) in [6.45, 7) is 2.26. The van der Waals surface area contributed by atoms with Gasteiger partial charge in [-0.2, -0.15) is 0 Å². The lowest BCUT2D eigenvalue weighted by Crippen LogP contribution is -2.39. The van der Waals surface area contributed by atoms with Gasteiger partial charge in [-0.3, -0.25) is 9.59 Å². The Bertz CT molecular complexity index is 963. The Hall–Kier alpha value is -3.39. The Morgan fingerprint density at radius 1 is 0.971 bits per heavy atom. The number of aliphatic carboxylic acids is 1. The molecule has 0 saturated heterocycles. The standard InChI is InChI=1S/C26H32N2O6/c1-3-8-17(25(30)31)14-27-24(29)13-18(33-2)15-28-26(32)34-16-23-21-11-6-4-9-19(21)20-10-5-7-12-22(20)23/h4-7,9-12,17-18,23H,3,8,13-16H2,1-2H3,(H,27,29)(H,28,32)(H,30,31). The van der Waals surface area contributed by atoms with Gasteiger partial charge in [0.15, 0.2) is 0 Å². The lowest BCUT2D eigenvalue weighted by Gasteiger charge is -2.18. The zero-order chi connectivity index (χ0) is 24.5. The van der Waals surface area contributed by atoms with Crippen LogP contribution in [0.1, 0.15) is 43.2 Å². The fourth-order valence-corrected chi connectivity index (χ4v) is 4.26. The fraction of sp³-hybridized carbons (Fsp3) is 0.423. The van der Waals surface area contributed by atoms with Gasteiger partial charge in [-0.25, -0.2) is 4.79 Å². The third-order valence-electron chi connectivity index (χ3n) is 6.10. The topological polar surface area (TPSA) is 114 Å². The van der Waals surface area contributed by atoms with E-state index in [-0.39, 0.29) is 37.9 Å². The number of carboxylic acids is 1. The highest BCUT2D eigenvalue weighted by Crippen LogP contribution is 2.44. The largest absolute Gasteiger partial charge is 0.481 e. The lowest BCUT2D eigenvalue weighted by molar-refractivity contribution is -0.142. The van der Waals surface area contributed by atoms with Crippen molar-refractivity contribution in [1.82, 2.24) is 10.6 Å². The van der Waals surface area contributed by atoms with Crippen LogP contribution in [-0.2, 0) is 19.1 Å². The SMILES string of the molecule is CCCC(CNC(=O)CC(CNC(=O)OCC1c2ccccc2-c2ccccc21)OC)C(=O)O. The van der Waals surface area contributed by atoms with E-state index in [9.17, 15) is 19.5 Å². The molecule has 3 N–H and O–H groups in total. The van der Waals surface area contributed by atoms with Crippen molar-refractivity contribution in [1.29, 1.82) is 0 Å². The fourth-order valence-electron chi connectivity index (χ4n) is 4.26. The van der Waals surface area contributed by atoms with Crippen molar-refractivity contribution in [3.05, 3.63) is 59.7 Å². The van der Waals surface area contributed by atoms with Gasteiger partial charge in [0.2, 0.25) is 5.91 Å². The van der Waals surface area contributed by atoms with Gasteiger partial charge in [-0.05, 0) is 28.7 Å². The molecule has 2 aromatic carbocycles. The quantitative estimate of drug-likeness (QED) is 0.439. The summed E-state index contributed by atoms with van der Waals surface area (Å²) in [4.78, 5) is 35.7. The van der Waals surface area contributed by atoms with Gasteiger partial charge in [0, 0.05) is 26.1 Å². The van der Waals surface area contributed by atoms with Gasteiger partial charge >= 0.3 is 12.1 Å². The number of hydrogen-bond acceptors (Lipinski definition) is 5. The molecule has 34 heavy (non-hydrogen) atoms. The molecule has 0 fully saturated rings. The normalized spacial score (nSPS) is 13.9. The molecule has 0 saturated carbocycles. The average molecular weight is 469 g/mol.